The Kier molecular flexibility index (Phi) is 4.72. The molecule has 0 aliphatic rings. The second-order valence-corrected chi connectivity index (χ2v) is 4.10. The lowest BCUT2D eigenvalue weighted by Crippen LogP contribution is -2.39. The molecule has 84 valence electrons. The summed E-state index contributed by atoms with van der Waals surface area (Å²) in [6.07, 6.45) is 4.62. The van der Waals surface area contributed by atoms with Gasteiger partial charge in [-0.3, -0.25) is 0 Å². The van der Waals surface area contributed by atoms with Gasteiger partial charge in [-0.15, -0.1) is 12.3 Å². The maximum Gasteiger partial charge on any atom is 0.408 e. The van der Waals surface area contributed by atoms with E-state index in [9.17, 15) is 4.79 Å². The molecule has 0 aromatic carbocycles. The number of ether oxygens (including phenoxy) is 1. The van der Waals surface area contributed by atoms with Crippen molar-refractivity contribution in [2.45, 2.75) is 38.8 Å². The molecule has 1 atom stereocenters. The summed E-state index contributed by atoms with van der Waals surface area (Å²) in [6.45, 7) is 8.55. The first-order valence-corrected chi connectivity index (χ1v) is 4.57. The maximum absolute atomic E-state index is 11.3. The second-order valence-electron chi connectivity index (χ2n) is 4.10. The van der Waals surface area contributed by atoms with Crippen LogP contribution in [0.1, 0.15) is 27.2 Å². The zero-order chi connectivity index (χ0) is 12.1. The number of carbonyl (C=O) groups excluding carboxylic acids is 1. The third kappa shape index (κ3) is 6.44. The molecular formula is C11H17NO3. The molecule has 0 saturated carbocycles. The van der Waals surface area contributed by atoms with Gasteiger partial charge in [0.25, 0.3) is 0 Å². The minimum Gasteiger partial charge on any atom is -0.511 e. The highest BCUT2D eigenvalue weighted by Crippen LogP contribution is 2.08. The van der Waals surface area contributed by atoms with E-state index < -0.39 is 17.7 Å². The van der Waals surface area contributed by atoms with Crippen molar-refractivity contribution in [3.63, 3.8) is 0 Å². The van der Waals surface area contributed by atoms with E-state index in [1.807, 2.05) is 0 Å². The van der Waals surface area contributed by atoms with Crippen LogP contribution in [0.25, 0.3) is 0 Å². The average molecular weight is 211 g/mol. The highest BCUT2D eigenvalue weighted by molar-refractivity contribution is 5.68. The quantitative estimate of drug-likeness (QED) is 0.554. The Morgan fingerprint density at radius 3 is 2.53 bits per heavy atom. The highest BCUT2D eigenvalue weighted by atomic mass is 16.6. The van der Waals surface area contributed by atoms with Crippen molar-refractivity contribution in [1.82, 2.24) is 5.32 Å². The van der Waals surface area contributed by atoms with E-state index in [1.54, 1.807) is 20.8 Å². The van der Waals surface area contributed by atoms with E-state index in [0.717, 1.165) is 0 Å². The van der Waals surface area contributed by atoms with Crippen molar-refractivity contribution in [3.8, 4) is 12.3 Å². The van der Waals surface area contributed by atoms with Gasteiger partial charge in [-0.1, -0.05) is 6.58 Å². The molecule has 0 aromatic rings. The van der Waals surface area contributed by atoms with Crippen LogP contribution in [0, 0.1) is 12.3 Å². The standard InChI is InChI=1S/C11H17NO3/c1-6-7-9(8(2)13)12-10(14)15-11(3,4)5/h1,9,13H,2,7H2,3-5H3,(H,12,14)/t9-/m0/s1. The fourth-order valence-corrected chi connectivity index (χ4v) is 0.820. The summed E-state index contributed by atoms with van der Waals surface area (Å²) in [5.74, 6) is 2.14. The molecule has 0 radical (unpaired) electrons. The Labute approximate surface area is 90.3 Å². The summed E-state index contributed by atoms with van der Waals surface area (Å²) in [6, 6.07) is -0.662. The number of aliphatic hydroxyl groups excluding tert-OH is 1. The lowest BCUT2D eigenvalue weighted by Gasteiger charge is -2.22. The molecule has 0 aliphatic carbocycles. The monoisotopic (exact) mass is 211 g/mol. The van der Waals surface area contributed by atoms with Crippen LogP contribution in [0.2, 0.25) is 0 Å². The maximum atomic E-state index is 11.3. The summed E-state index contributed by atoms with van der Waals surface area (Å²) in [4.78, 5) is 11.3. The number of hydrogen-bond donors (Lipinski definition) is 2. The second kappa shape index (κ2) is 5.30. The summed E-state index contributed by atoms with van der Waals surface area (Å²) in [5, 5.41) is 11.6. The molecule has 0 saturated heterocycles. The average Bonchev–Trinajstić information content (AvgIpc) is 1.99. The molecule has 2 N–H and O–H groups in total. The topological polar surface area (TPSA) is 58.6 Å². The normalized spacial score (nSPS) is 12.4. The highest BCUT2D eigenvalue weighted by Gasteiger charge is 2.20. The van der Waals surface area contributed by atoms with Crippen LogP contribution in [0.5, 0.6) is 0 Å². The van der Waals surface area contributed by atoms with Crippen LogP contribution in [0.4, 0.5) is 4.79 Å². The van der Waals surface area contributed by atoms with Crippen LogP contribution in [0.15, 0.2) is 12.3 Å². The van der Waals surface area contributed by atoms with Crippen LogP contribution in [0.3, 0.4) is 0 Å². The van der Waals surface area contributed by atoms with Crippen LogP contribution >= 0.6 is 0 Å². The molecule has 0 fully saturated rings. The van der Waals surface area contributed by atoms with Crippen molar-refractivity contribution in [2.75, 3.05) is 0 Å². The lowest BCUT2D eigenvalue weighted by molar-refractivity contribution is 0.0503. The first kappa shape index (κ1) is 13.4. The minimum atomic E-state index is -0.662. The van der Waals surface area contributed by atoms with Gasteiger partial charge in [-0.25, -0.2) is 4.79 Å². The Bertz CT molecular complexity index is 283. The Balaban J connectivity index is 4.25. The number of terminal acetylenes is 1. The SMILES string of the molecule is C#CC[C@H](NC(=O)OC(C)(C)C)C(=C)O. The first-order valence-electron chi connectivity index (χ1n) is 4.57. The molecule has 0 rings (SSSR count). The molecule has 0 aliphatic heterocycles. The van der Waals surface area contributed by atoms with Gasteiger partial charge in [0, 0.05) is 6.42 Å². The van der Waals surface area contributed by atoms with Crippen LogP contribution < -0.4 is 5.32 Å². The van der Waals surface area contributed by atoms with E-state index in [-0.39, 0.29) is 12.2 Å². The Morgan fingerprint density at radius 1 is 1.67 bits per heavy atom. The van der Waals surface area contributed by atoms with Gasteiger partial charge < -0.3 is 15.2 Å². The molecule has 15 heavy (non-hydrogen) atoms. The zero-order valence-corrected chi connectivity index (χ0v) is 9.33. The van der Waals surface area contributed by atoms with Gasteiger partial charge in [0.1, 0.15) is 11.4 Å². The van der Waals surface area contributed by atoms with Gasteiger partial charge in [0.05, 0.1) is 6.04 Å². The van der Waals surface area contributed by atoms with E-state index in [0.29, 0.717) is 0 Å². The van der Waals surface area contributed by atoms with Gasteiger partial charge in [-0.05, 0) is 20.8 Å². The van der Waals surface area contributed by atoms with Crippen LogP contribution in [-0.2, 0) is 4.74 Å². The number of carbonyl (C=O) groups is 1. The van der Waals surface area contributed by atoms with E-state index in [2.05, 4.69) is 17.8 Å². The van der Waals surface area contributed by atoms with Crippen molar-refractivity contribution < 1.29 is 14.6 Å². The Morgan fingerprint density at radius 2 is 2.20 bits per heavy atom. The van der Waals surface area contributed by atoms with E-state index in [4.69, 9.17) is 16.3 Å². The lowest BCUT2D eigenvalue weighted by atomic mass is 10.2. The van der Waals surface area contributed by atoms with Crippen molar-refractivity contribution in [2.24, 2.45) is 0 Å². The molecular weight excluding hydrogens is 194 g/mol. The van der Waals surface area contributed by atoms with Gasteiger partial charge in [0.15, 0.2) is 0 Å². The number of amides is 1. The predicted octanol–water partition coefficient (Wildman–Crippen LogP) is 1.97. The van der Waals surface area contributed by atoms with Crippen molar-refractivity contribution in [1.29, 1.82) is 0 Å². The molecule has 0 aromatic heterocycles. The third-order valence-corrected chi connectivity index (χ3v) is 1.42. The molecule has 0 unspecified atom stereocenters. The Hall–Kier alpha value is -1.63. The predicted molar refractivity (Wildman–Crippen MR) is 58.4 cm³/mol. The summed E-state index contributed by atoms with van der Waals surface area (Å²) < 4.78 is 4.99. The smallest absolute Gasteiger partial charge is 0.408 e. The van der Waals surface area contributed by atoms with Crippen molar-refractivity contribution in [3.05, 3.63) is 12.3 Å². The van der Waals surface area contributed by atoms with E-state index >= 15 is 0 Å². The number of alkyl carbamates (subject to hydrolysis) is 1. The largest absolute Gasteiger partial charge is 0.511 e. The van der Waals surface area contributed by atoms with Gasteiger partial charge >= 0.3 is 6.09 Å². The zero-order valence-electron chi connectivity index (χ0n) is 9.33. The summed E-state index contributed by atoms with van der Waals surface area (Å²) in [7, 11) is 0. The number of rotatable bonds is 3. The van der Waals surface area contributed by atoms with Crippen LogP contribution in [-0.4, -0.2) is 22.8 Å². The molecule has 0 heterocycles. The molecule has 0 spiro atoms. The molecule has 4 heteroatoms. The van der Waals surface area contributed by atoms with E-state index in [1.165, 1.54) is 0 Å². The first-order chi connectivity index (χ1) is 6.76. The third-order valence-electron chi connectivity index (χ3n) is 1.42. The molecule has 0 bridgehead atoms. The summed E-state index contributed by atoms with van der Waals surface area (Å²) >= 11 is 0. The minimum absolute atomic E-state index is 0.175. The molecule has 1 amide bonds. The summed E-state index contributed by atoms with van der Waals surface area (Å²) in [5.41, 5.74) is -0.582. The molecule has 4 nitrogen and oxygen atoms in total. The fraction of sp³-hybridized carbons (Fsp3) is 0.545. The van der Waals surface area contributed by atoms with Crippen molar-refractivity contribution >= 4 is 6.09 Å². The fourth-order valence-electron chi connectivity index (χ4n) is 0.820. The number of hydrogen-bond acceptors (Lipinski definition) is 3. The van der Waals surface area contributed by atoms with Gasteiger partial charge in [-0.2, -0.15) is 0 Å². The number of aliphatic hydroxyl groups is 1. The van der Waals surface area contributed by atoms with Gasteiger partial charge in [0.2, 0.25) is 0 Å². The number of nitrogens with one attached hydrogen (secondary N) is 1.